The van der Waals surface area contributed by atoms with E-state index >= 15 is 0 Å². The van der Waals surface area contributed by atoms with Gasteiger partial charge >= 0.3 is 11.9 Å². The number of benzene rings is 1. The summed E-state index contributed by atoms with van der Waals surface area (Å²) in [5.74, 6) is 0.816. The molecule has 4 fully saturated rings. The molecule has 7 heteroatoms. The predicted octanol–water partition coefficient (Wildman–Crippen LogP) is 9.34. The van der Waals surface area contributed by atoms with Crippen LogP contribution in [0.5, 0.6) is 0 Å². The second-order valence-corrected chi connectivity index (χ2v) is 19.0. The fraction of sp³-hybridized carbons (Fsp3) is 0.711. The molecular weight excluding hydrogens is 649 g/mol. The molecular formula is C45H66N2O5. The van der Waals surface area contributed by atoms with E-state index in [2.05, 4.69) is 71.3 Å². The van der Waals surface area contributed by atoms with Gasteiger partial charge in [0.05, 0.1) is 17.4 Å². The number of fused-ring (bicyclic) bond motifs is 7. The lowest BCUT2D eigenvalue weighted by atomic mass is 9.32. The van der Waals surface area contributed by atoms with Crippen LogP contribution >= 0.6 is 0 Å². The molecule has 1 aromatic rings. The number of nitrogens with zero attached hydrogens (tertiary/aromatic N) is 1. The van der Waals surface area contributed by atoms with Crippen LogP contribution in [0.25, 0.3) is 5.57 Å². The molecule has 52 heavy (non-hydrogen) atoms. The van der Waals surface area contributed by atoms with Gasteiger partial charge in [-0.15, -0.1) is 0 Å². The Labute approximate surface area is 313 Å². The molecule has 7 nitrogen and oxygen atoms in total. The number of aliphatic carboxylic acids is 1. The van der Waals surface area contributed by atoms with Gasteiger partial charge in [0.25, 0.3) is 0 Å². The van der Waals surface area contributed by atoms with E-state index in [0.717, 1.165) is 57.1 Å². The van der Waals surface area contributed by atoms with Crippen molar-refractivity contribution in [3.05, 3.63) is 53.6 Å². The highest BCUT2D eigenvalue weighted by molar-refractivity contribution is 5.88. The van der Waals surface area contributed by atoms with E-state index in [1.807, 2.05) is 12.1 Å². The maximum absolute atomic E-state index is 14.5. The van der Waals surface area contributed by atoms with Crippen LogP contribution in [-0.2, 0) is 9.59 Å². The number of hydrogen-bond donors (Lipinski definition) is 3. The number of amides is 1. The molecule has 3 N–H and O–H groups in total. The summed E-state index contributed by atoms with van der Waals surface area (Å²) in [5, 5.41) is 22.1. The topological polar surface area (TPSA) is 107 Å². The third kappa shape index (κ3) is 6.09. The second-order valence-electron chi connectivity index (χ2n) is 19.0. The summed E-state index contributed by atoms with van der Waals surface area (Å²) in [6, 6.07) is 7.50. The summed E-state index contributed by atoms with van der Waals surface area (Å²) >= 11 is 0. The third-order valence-electron chi connectivity index (χ3n) is 16.4. The first-order chi connectivity index (χ1) is 24.5. The molecule has 4 saturated carbocycles. The quantitative estimate of drug-likeness (QED) is 0.186. The van der Waals surface area contributed by atoms with Crippen molar-refractivity contribution < 1.29 is 24.6 Å². The number of carboxylic acid groups (broad SMARTS) is 2. The van der Waals surface area contributed by atoms with E-state index in [4.69, 9.17) is 0 Å². The first kappa shape index (κ1) is 38.8. The summed E-state index contributed by atoms with van der Waals surface area (Å²) in [7, 11) is 0. The van der Waals surface area contributed by atoms with Crippen LogP contribution in [0.3, 0.4) is 0 Å². The maximum atomic E-state index is 14.5. The molecule has 0 bridgehead atoms. The zero-order valence-corrected chi connectivity index (χ0v) is 33.2. The zero-order chi connectivity index (χ0) is 37.9. The average molecular weight is 715 g/mol. The standard InChI is InChI=1S/C45H66N2O5/c1-9-26-47(27-19-37(48)49)28-25-46-40(52)45-22-16-32(29(2)3)38(45)34-14-15-36-42(6)20-17-33(30-10-12-31(13-11-30)39(50)51)41(4,5)35(42)18-21-44(36,8)43(34,7)23-24-45/h10-13,17,32,34-36,38H,2,9,14-16,18-28H2,1,3-8H3,(H,46,52)(H,48,49)(H,50,51). The molecule has 0 radical (unpaired) electrons. The Balaban J connectivity index is 1.26. The predicted molar refractivity (Wildman–Crippen MR) is 208 cm³/mol. The molecule has 5 aliphatic rings. The van der Waals surface area contributed by atoms with Crippen molar-refractivity contribution in [1.82, 2.24) is 10.2 Å². The van der Waals surface area contributed by atoms with E-state index in [1.54, 1.807) is 12.1 Å². The molecule has 9 atom stereocenters. The van der Waals surface area contributed by atoms with Crippen LogP contribution in [0.2, 0.25) is 0 Å². The first-order valence-corrected chi connectivity index (χ1v) is 20.4. The number of carbonyl (C=O) groups is 3. The Bertz CT molecular complexity index is 1600. The van der Waals surface area contributed by atoms with E-state index in [0.29, 0.717) is 54.8 Å². The average Bonchev–Trinajstić information content (AvgIpc) is 3.49. The van der Waals surface area contributed by atoms with Gasteiger partial charge < -0.3 is 20.4 Å². The Morgan fingerprint density at radius 3 is 2.21 bits per heavy atom. The Morgan fingerprint density at radius 1 is 0.865 bits per heavy atom. The molecule has 6 rings (SSSR count). The highest BCUT2D eigenvalue weighted by Crippen LogP contribution is 2.77. The summed E-state index contributed by atoms with van der Waals surface area (Å²) < 4.78 is 0. The maximum Gasteiger partial charge on any atom is 0.335 e. The summed E-state index contributed by atoms with van der Waals surface area (Å²) in [4.78, 5) is 39.5. The molecule has 0 saturated heterocycles. The minimum Gasteiger partial charge on any atom is -0.481 e. The first-order valence-electron chi connectivity index (χ1n) is 20.4. The van der Waals surface area contributed by atoms with Gasteiger partial charge in [0, 0.05) is 19.6 Å². The van der Waals surface area contributed by atoms with Crippen LogP contribution < -0.4 is 5.32 Å². The van der Waals surface area contributed by atoms with Crippen LogP contribution in [0, 0.1) is 56.7 Å². The lowest BCUT2D eigenvalue weighted by molar-refractivity contribution is -0.225. The van der Waals surface area contributed by atoms with Gasteiger partial charge in [-0.1, -0.05) is 71.9 Å². The van der Waals surface area contributed by atoms with Crippen molar-refractivity contribution in [2.24, 2.45) is 56.7 Å². The largest absolute Gasteiger partial charge is 0.481 e. The number of nitrogens with one attached hydrogen (secondary N) is 1. The van der Waals surface area contributed by atoms with Crippen LogP contribution in [-0.4, -0.2) is 59.1 Å². The number of aromatic carboxylic acids is 1. The van der Waals surface area contributed by atoms with Crippen molar-refractivity contribution in [1.29, 1.82) is 0 Å². The lowest BCUT2D eigenvalue weighted by Crippen LogP contribution is -2.66. The molecule has 1 amide bonds. The highest BCUT2D eigenvalue weighted by atomic mass is 16.4. The number of hydrogen-bond acceptors (Lipinski definition) is 4. The second kappa shape index (κ2) is 14.0. The van der Waals surface area contributed by atoms with Gasteiger partial charge in [-0.05, 0) is 152 Å². The summed E-state index contributed by atoms with van der Waals surface area (Å²) in [6.07, 6.45) is 13.3. The number of carbonyl (C=O) groups excluding carboxylic acids is 1. The van der Waals surface area contributed by atoms with Crippen molar-refractivity contribution in [3.8, 4) is 0 Å². The van der Waals surface area contributed by atoms with Gasteiger partial charge in [0.1, 0.15) is 0 Å². The Hall–Kier alpha value is -2.93. The van der Waals surface area contributed by atoms with Crippen LogP contribution in [0.4, 0.5) is 0 Å². The van der Waals surface area contributed by atoms with E-state index in [-0.39, 0.29) is 39.4 Å². The minimum absolute atomic E-state index is 0.0343. The molecule has 0 heterocycles. The summed E-state index contributed by atoms with van der Waals surface area (Å²) in [6.45, 7) is 24.1. The van der Waals surface area contributed by atoms with Crippen molar-refractivity contribution in [3.63, 3.8) is 0 Å². The minimum atomic E-state index is -0.886. The normalized spacial score (nSPS) is 37.5. The molecule has 0 spiro atoms. The third-order valence-corrected chi connectivity index (χ3v) is 16.4. The van der Waals surface area contributed by atoms with Crippen molar-refractivity contribution in [2.75, 3.05) is 26.2 Å². The number of allylic oxidation sites excluding steroid dienone is 3. The monoisotopic (exact) mass is 714 g/mol. The molecule has 0 aromatic heterocycles. The van der Waals surface area contributed by atoms with Gasteiger partial charge in [-0.25, -0.2) is 4.79 Å². The van der Waals surface area contributed by atoms with Crippen molar-refractivity contribution in [2.45, 2.75) is 119 Å². The number of carboxylic acids is 2. The molecule has 5 aliphatic carbocycles. The molecule has 0 aliphatic heterocycles. The fourth-order valence-corrected chi connectivity index (χ4v) is 13.8. The molecule has 286 valence electrons. The Kier molecular flexibility index (Phi) is 10.5. The van der Waals surface area contributed by atoms with E-state index in [9.17, 15) is 24.6 Å². The molecule has 1 aromatic carbocycles. The van der Waals surface area contributed by atoms with Gasteiger partial charge in [-0.3, -0.25) is 9.59 Å². The summed E-state index contributed by atoms with van der Waals surface area (Å²) in [5.41, 5.74) is 4.13. The van der Waals surface area contributed by atoms with Gasteiger partial charge in [0.15, 0.2) is 0 Å². The fourth-order valence-electron chi connectivity index (χ4n) is 13.8. The van der Waals surface area contributed by atoms with Crippen LogP contribution in [0.1, 0.15) is 135 Å². The number of rotatable bonds is 12. The zero-order valence-electron chi connectivity index (χ0n) is 33.2. The van der Waals surface area contributed by atoms with Crippen LogP contribution in [0.15, 0.2) is 42.5 Å². The van der Waals surface area contributed by atoms with E-state index in [1.165, 1.54) is 30.4 Å². The smallest absolute Gasteiger partial charge is 0.335 e. The SMILES string of the molecule is C=C(C)C1CCC2(C(=O)NCCN(CCC)CCC(=O)O)CCC3(C)C(CCC4C5(C)CC=C(c6ccc(C(=O)O)cc6)C(C)(C)C5CCC43C)C12. The van der Waals surface area contributed by atoms with Gasteiger partial charge in [0.2, 0.25) is 5.91 Å². The van der Waals surface area contributed by atoms with E-state index < -0.39 is 11.9 Å². The lowest BCUT2D eigenvalue weighted by Gasteiger charge is -2.72. The Morgan fingerprint density at radius 2 is 1.58 bits per heavy atom. The van der Waals surface area contributed by atoms with Gasteiger partial charge in [-0.2, -0.15) is 0 Å². The highest BCUT2D eigenvalue weighted by Gasteiger charge is 2.71. The molecule has 9 unspecified atom stereocenters. The van der Waals surface area contributed by atoms with Crippen molar-refractivity contribution >= 4 is 23.4 Å².